The van der Waals surface area contributed by atoms with E-state index in [1.807, 2.05) is 18.2 Å². The van der Waals surface area contributed by atoms with Crippen molar-refractivity contribution in [1.82, 2.24) is 5.32 Å². The van der Waals surface area contributed by atoms with Crippen molar-refractivity contribution in [2.75, 3.05) is 20.2 Å². The number of rotatable bonds is 6. The number of fused-ring (bicyclic) bond motifs is 2. The number of nitrogens with one attached hydrogen (secondary N) is 1. The molecular weight excluding hydrogens is 350 g/mol. The van der Waals surface area contributed by atoms with E-state index in [4.69, 9.17) is 9.47 Å². The van der Waals surface area contributed by atoms with E-state index in [0.717, 1.165) is 25.1 Å². The lowest BCUT2D eigenvalue weighted by Crippen LogP contribution is -2.40. The number of allylic oxidation sites excluding steroid dienone is 1. The van der Waals surface area contributed by atoms with Crippen LogP contribution in [0.4, 0.5) is 0 Å². The standard InChI is InChI=1S/C24H33NO3/c1-16-7-6-11-24(2)14-22-18(13-20(16)24)19(23(26)28-22)15-25-12-10-17-8-4-5-9-21(17)27-3/h4-5,8-9,13,16,18-19,22,25H,6-7,10-12,14-15H2,1-3H3/t16-,18+,19+,22+,24+/m0/s1. The summed E-state index contributed by atoms with van der Waals surface area (Å²) in [5, 5.41) is 3.50. The van der Waals surface area contributed by atoms with Gasteiger partial charge in [0, 0.05) is 12.5 Å². The molecule has 152 valence electrons. The quantitative estimate of drug-likeness (QED) is 0.456. The summed E-state index contributed by atoms with van der Waals surface area (Å²) in [6.45, 7) is 6.23. The van der Waals surface area contributed by atoms with Gasteiger partial charge in [-0.25, -0.2) is 0 Å². The molecule has 2 fully saturated rings. The second-order valence-electron chi connectivity index (χ2n) is 9.11. The SMILES string of the molecule is COc1ccccc1CCNC[C@H]1C(=O)O[C@@H]2C[C@@]3(C)CCC[C@H](C)C3=C[C@@H]21. The van der Waals surface area contributed by atoms with E-state index in [9.17, 15) is 4.79 Å². The minimum atomic E-state index is -0.0613. The van der Waals surface area contributed by atoms with Crippen LogP contribution in [-0.2, 0) is 16.0 Å². The predicted octanol–water partition coefficient (Wildman–Crippen LogP) is 4.14. The third-order valence-corrected chi connectivity index (χ3v) is 7.21. The van der Waals surface area contributed by atoms with E-state index in [1.54, 1.807) is 12.7 Å². The molecule has 0 radical (unpaired) electrons. The Morgan fingerprint density at radius 2 is 2.14 bits per heavy atom. The Morgan fingerprint density at radius 3 is 2.96 bits per heavy atom. The van der Waals surface area contributed by atoms with Crippen LogP contribution in [-0.4, -0.2) is 32.3 Å². The average molecular weight is 384 g/mol. The number of hydrogen-bond donors (Lipinski definition) is 1. The van der Waals surface area contributed by atoms with Gasteiger partial charge in [0.25, 0.3) is 0 Å². The fraction of sp³-hybridized carbons (Fsp3) is 0.625. The Morgan fingerprint density at radius 1 is 1.32 bits per heavy atom. The smallest absolute Gasteiger partial charge is 0.311 e. The van der Waals surface area contributed by atoms with Crippen molar-refractivity contribution in [2.45, 2.75) is 52.1 Å². The van der Waals surface area contributed by atoms with Crippen LogP contribution in [0.3, 0.4) is 0 Å². The van der Waals surface area contributed by atoms with Crippen LogP contribution in [0.15, 0.2) is 35.9 Å². The minimum Gasteiger partial charge on any atom is -0.496 e. The second kappa shape index (κ2) is 7.90. The molecule has 1 N–H and O–H groups in total. The van der Waals surface area contributed by atoms with Gasteiger partial charge in [0.05, 0.1) is 13.0 Å². The van der Waals surface area contributed by atoms with Crippen molar-refractivity contribution in [1.29, 1.82) is 0 Å². The minimum absolute atomic E-state index is 0.0217. The summed E-state index contributed by atoms with van der Waals surface area (Å²) in [7, 11) is 1.71. The highest BCUT2D eigenvalue weighted by atomic mass is 16.6. The molecule has 1 aliphatic heterocycles. The summed E-state index contributed by atoms with van der Waals surface area (Å²) in [5.41, 5.74) is 3.00. The number of benzene rings is 1. The largest absolute Gasteiger partial charge is 0.496 e. The lowest BCUT2D eigenvalue weighted by molar-refractivity contribution is -0.145. The Kier molecular flexibility index (Phi) is 5.50. The van der Waals surface area contributed by atoms with E-state index in [1.165, 1.54) is 24.8 Å². The van der Waals surface area contributed by atoms with E-state index >= 15 is 0 Å². The molecule has 0 amide bonds. The zero-order valence-corrected chi connectivity index (χ0v) is 17.4. The number of esters is 1. The first-order valence-corrected chi connectivity index (χ1v) is 10.8. The third kappa shape index (κ3) is 3.59. The van der Waals surface area contributed by atoms with Crippen LogP contribution in [0, 0.1) is 23.2 Å². The van der Waals surface area contributed by atoms with Crippen LogP contribution < -0.4 is 10.1 Å². The topological polar surface area (TPSA) is 47.6 Å². The Balaban J connectivity index is 1.39. The maximum absolute atomic E-state index is 12.6. The summed E-state index contributed by atoms with van der Waals surface area (Å²) in [5.74, 6) is 1.71. The Bertz CT molecular complexity index is 758. The maximum Gasteiger partial charge on any atom is 0.311 e. The average Bonchev–Trinajstić information content (AvgIpc) is 2.97. The van der Waals surface area contributed by atoms with Crippen molar-refractivity contribution < 1.29 is 14.3 Å². The van der Waals surface area contributed by atoms with Gasteiger partial charge in [0.1, 0.15) is 11.9 Å². The molecule has 4 heteroatoms. The van der Waals surface area contributed by atoms with Gasteiger partial charge in [-0.05, 0) is 55.2 Å². The predicted molar refractivity (Wildman–Crippen MR) is 110 cm³/mol. The molecule has 1 heterocycles. The van der Waals surface area contributed by atoms with Crippen LogP contribution in [0.1, 0.15) is 45.1 Å². The van der Waals surface area contributed by atoms with Gasteiger partial charge in [-0.15, -0.1) is 0 Å². The summed E-state index contributed by atoms with van der Waals surface area (Å²) >= 11 is 0. The van der Waals surface area contributed by atoms with Gasteiger partial charge >= 0.3 is 5.97 Å². The molecule has 2 aliphatic carbocycles. The lowest BCUT2D eigenvalue weighted by Gasteiger charge is -2.46. The van der Waals surface area contributed by atoms with E-state index in [2.05, 4.69) is 31.3 Å². The van der Waals surface area contributed by atoms with E-state index in [0.29, 0.717) is 12.5 Å². The Hall–Kier alpha value is -1.81. The van der Waals surface area contributed by atoms with Crippen molar-refractivity contribution >= 4 is 5.97 Å². The number of ether oxygens (including phenoxy) is 2. The second-order valence-corrected chi connectivity index (χ2v) is 9.11. The van der Waals surface area contributed by atoms with Crippen LogP contribution in [0.25, 0.3) is 0 Å². The highest BCUT2D eigenvalue weighted by Gasteiger charge is 2.51. The van der Waals surface area contributed by atoms with E-state index < -0.39 is 0 Å². The highest BCUT2D eigenvalue weighted by molar-refractivity contribution is 5.76. The molecule has 1 saturated carbocycles. The first-order chi connectivity index (χ1) is 13.5. The summed E-state index contributed by atoms with van der Waals surface area (Å²) in [4.78, 5) is 12.6. The molecule has 3 aliphatic rings. The van der Waals surface area contributed by atoms with Crippen LogP contribution in [0.5, 0.6) is 5.75 Å². The van der Waals surface area contributed by atoms with Gasteiger partial charge in [-0.2, -0.15) is 0 Å². The summed E-state index contributed by atoms with van der Waals surface area (Å²) in [6.07, 6.45) is 8.16. The maximum atomic E-state index is 12.6. The van der Waals surface area contributed by atoms with Crippen LogP contribution in [0.2, 0.25) is 0 Å². The van der Waals surface area contributed by atoms with Gasteiger partial charge in [-0.3, -0.25) is 4.79 Å². The molecule has 0 bridgehead atoms. The van der Waals surface area contributed by atoms with Crippen molar-refractivity contribution in [3.8, 4) is 5.75 Å². The van der Waals surface area contributed by atoms with E-state index in [-0.39, 0.29) is 29.3 Å². The summed E-state index contributed by atoms with van der Waals surface area (Å²) < 4.78 is 11.3. The molecule has 4 rings (SSSR count). The molecule has 4 nitrogen and oxygen atoms in total. The van der Waals surface area contributed by atoms with Crippen molar-refractivity contribution in [3.63, 3.8) is 0 Å². The van der Waals surface area contributed by atoms with Gasteiger partial charge in [-0.1, -0.05) is 50.1 Å². The molecule has 5 atom stereocenters. The molecule has 1 aromatic rings. The normalized spacial score (nSPS) is 34.2. The molecule has 1 saturated heterocycles. The Labute approximate surface area is 168 Å². The van der Waals surface area contributed by atoms with Crippen molar-refractivity contribution in [2.24, 2.45) is 23.2 Å². The molecule has 0 spiro atoms. The molecule has 0 unspecified atom stereocenters. The van der Waals surface area contributed by atoms with Crippen molar-refractivity contribution in [3.05, 3.63) is 41.5 Å². The fourth-order valence-electron chi connectivity index (χ4n) is 5.67. The molecule has 1 aromatic carbocycles. The fourth-order valence-corrected chi connectivity index (χ4v) is 5.67. The van der Waals surface area contributed by atoms with Gasteiger partial charge in [0.2, 0.25) is 0 Å². The first-order valence-electron chi connectivity index (χ1n) is 10.8. The number of hydrogen-bond acceptors (Lipinski definition) is 4. The monoisotopic (exact) mass is 383 g/mol. The summed E-state index contributed by atoms with van der Waals surface area (Å²) in [6, 6.07) is 8.11. The number of carbonyl (C=O) groups is 1. The number of carbonyl (C=O) groups excluding carboxylic acids is 1. The highest BCUT2D eigenvalue weighted by Crippen LogP contribution is 2.53. The number of methoxy groups -OCH3 is 1. The lowest BCUT2D eigenvalue weighted by atomic mass is 9.59. The molecule has 0 aromatic heterocycles. The third-order valence-electron chi connectivity index (χ3n) is 7.21. The molecule has 28 heavy (non-hydrogen) atoms. The zero-order chi connectivity index (χ0) is 19.7. The zero-order valence-electron chi connectivity index (χ0n) is 17.4. The first kappa shape index (κ1) is 19.5. The van der Waals surface area contributed by atoms with Crippen LogP contribution >= 0.6 is 0 Å². The van der Waals surface area contributed by atoms with Gasteiger partial charge in [0.15, 0.2) is 0 Å². The molecular formula is C24H33NO3. The number of para-hydroxylation sites is 1. The van der Waals surface area contributed by atoms with Gasteiger partial charge < -0.3 is 14.8 Å².